The Bertz CT molecular complexity index is 939. The molecule has 3 heterocycles. The van der Waals surface area contributed by atoms with Crippen LogP contribution in [0.4, 0.5) is 9.59 Å². The van der Waals surface area contributed by atoms with Crippen molar-refractivity contribution in [1.82, 2.24) is 20.4 Å². The van der Waals surface area contributed by atoms with E-state index in [1.54, 1.807) is 13.8 Å². The van der Waals surface area contributed by atoms with Gasteiger partial charge in [0, 0.05) is 3.57 Å². The lowest BCUT2D eigenvalue weighted by Gasteiger charge is -2.40. The van der Waals surface area contributed by atoms with Gasteiger partial charge in [0.2, 0.25) is 0 Å². The molecule has 1 aromatic rings. The zero-order valence-corrected chi connectivity index (χ0v) is 17.9. The van der Waals surface area contributed by atoms with Crippen LogP contribution in [0.5, 0.6) is 0 Å². The van der Waals surface area contributed by atoms with Gasteiger partial charge in [-0.15, -0.1) is 0 Å². The molecule has 29 heavy (non-hydrogen) atoms. The van der Waals surface area contributed by atoms with E-state index >= 15 is 0 Å². The third-order valence-corrected chi connectivity index (χ3v) is 6.40. The number of fused-ring (bicyclic) bond motifs is 1. The average Bonchev–Trinajstić information content (AvgIpc) is 2.97. The van der Waals surface area contributed by atoms with Crippen LogP contribution < -0.4 is 10.6 Å². The van der Waals surface area contributed by atoms with Crippen molar-refractivity contribution in [2.24, 2.45) is 0 Å². The molecule has 11 heteroatoms. The first-order chi connectivity index (χ1) is 13.8. The predicted molar refractivity (Wildman–Crippen MR) is 106 cm³/mol. The Hall–Kier alpha value is -2.57. The summed E-state index contributed by atoms with van der Waals surface area (Å²) in [5, 5.41) is 5.01. The van der Waals surface area contributed by atoms with Gasteiger partial charge in [-0.05, 0) is 53.6 Å². The van der Waals surface area contributed by atoms with E-state index < -0.39 is 35.3 Å². The van der Waals surface area contributed by atoms with E-state index in [0.29, 0.717) is 0 Å². The van der Waals surface area contributed by atoms with Gasteiger partial charge >= 0.3 is 24.0 Å². The van der Waals surface area contributed by atoms with Gasteiger partial charge in [0.25, 0.3) is 11.3 Å². The molecule has 2 N–H and O–H groups in total. The number of nitrogens with zero attached hydrogens (tertiary/aromatic N) is 2. The zero-order chi connectivity index (χ0) is 21.0. The first-order valence-corrected chi connectivity index (χ1v) is 10.2. The Balaban J connectivity index is 1.99. The summed E-state index contributed by atoms with van der Waals surface area (Å²) in [7, 11) is 0. The fraction of sp³-hybridized carbons (Fsp3) is 0.444. The topological polar surface area (TPSA) is 117 Å². The largest absolute Gasteiger partial charge is 0.463 e. The third-order valence-electron chi connectivity index (χ3n) is 5.39. The molecule has 3 aliphatic heterocycles. The Morgan fingerprint density at radius 2 is 1.62 bits per heavy atom. The smallest absolute Gasteiger partial charge is 0.358 e. The quantitative estimate of drug-likeness (QED) is 0.455. The molecule has 1 aromatic carbocycles. The average molecular weight is 514 g/mol. The normalized spacial score (nSPS) is 26.9. The molecule has 2 atom stereocenters. The number of halogens is 1. The number of benzene rings is 1. The van der Waals surface area contributed by atoms with E-state index in [4.69, 9.17) is 9.47 Å². The van der Waals surface area contributed by atoms with E-state index in [1.165, 1.54) is 9.80 Å². The van der Waals surface area contributed by atoms with Crippen LogP contribution in [0.2, 0.25) is 0 Å². The number of amides is 4. The first-order valence-electron chi connectivity index (χ1n) is 9.13. The van der Waals surface area contributed by atoms with E-state index in [2.05, 4.69) is 33.2 Å². The summed E-state index contributed by atoms with van der Waals surface area (Å²) >= 11 is 2.14. The molecule has 0 unspecified atom stereocenters. The lowest BCUT2D eigenvalue weighted by molar-refractivity contribution is -0.178. The number of nitrogens with one attached hydrogen (secondary N) is 2. The van der Waals surface area contributed by atoms with Gasteiger partial charge in [-0.2, -0.15) is 0 Å². The fourth-order valence-corrected chi connectivity index (χ4v) is 4.95. The van der Waals surface area contributed by atoms with Gasteiger partial charge in [-0.25, -0.2) is 19.2 Å². The van der Waals surface area contributed by atoms with Crippen LogP contribution in [0.15, 0.2) is 18.2 Å². The molecular formula is C18H19IN4O6. The van der Waals surface area contributed by atoms with Crippen molar-refractivity contribution in [2.45, 2.75) is 38.3 Å². The van der Waals surface area contributed by atoms with Crippen LogP contribution in [0.25, 0.3) is 0 Å². The number of carbonyl (C=O) groups excluding carboxylic acids is 4. The van der Waals surface area contributed by atoms with Gasteiger partial charge < -0.3 is 20.1 Å². The summed E-state index contributed by atoms with van der Waals surface area (Å²) in [6.07, 6.45) is 0. The maximum absolute atomic E-state index is 13.4. The van der Waals surface area contributed by atoms with Gasteiger partial charge in [-0.3, -0.25) is 9.80 Å². The highest BCUT2D eigenvalue weighted by molar-refractivity contribution is 14.1. The minimum atomic E-state index is -2.11. The minimum Gasteiger partial charge on any atom is -0.463 e. The van der Waals surface area contributed by atoms with Gasteiger partial charge in [0.15, 0.2) is 0 Å². The molecule has 3 aliphatic rings. The Morgan fingerprint density at radius 1 is 1.03 bits per heavy atom. The fourth-order valence-electron chi connectivity index (χ4n) is 4.22. The highest BCUT2D eigenvalue weighted by atomic mass is 127. The molecule has 4 rings (SSSR count). The maximum Gasteiger partial charge on any atom is 0.358 e. The van der Waals surface area contributed by atoms with Crippen molar-refractivity contribution < 1.29 is 28.7 Å². The van der Waals surface area contributed by atoms with Crippen molar-refractivity contribution in [3.63, 3.8) is 0 Å². The van der Waals surface area contributed by atoms with Crippen molar-refractivity contribution in [3.8, 4) is 0 Å². The van der Waals surface area contributed by atoms with Crippen molar-refractivity contribution in [1.29, 1.82) is 0 Å². The molecular weight excluding hydrogens is 495 g/mol. The van der Waals surface area contributed by atoms with Gasteiger partial charge in [0.05, 0.1) is 26.3 Å². The molecule has 154 valence electrons. The number of hydrogen-bond donors (Lipinski definition) is 2. The zero-order valence-electron chi connectivity index (χ0n) is 15.8. The van der Waals surface area contributed by atoms with E-state index in [0.717, 1.165) is 14.7 Å². The third kappa shape index (κ3) is 2.39. The number of hydrogen-bond acceptors (Lipinski definition) is 6. The molecule has 0 radical (unpaired) electrons. The van der Waals surface area contributed by atoms with Crippen molar-refractivity contribution in [3.05, 3.63) is 32.9 Å². The molecule has 0 aromatic heterocycles. The van der Waals surface area contributed by atoms with Crippen LogP contribution in [-0.4, -0.2) is 58.3 Å². The Labute approximate surface area is 180 Å². The van der Waals surface area contributed by atoms with Crippen LogP contribution in [0, 0.1) is 3.57 Å². The van der Waals surface area contributed by atoms with Gasteiger partial charge in [0.1, 0.15) is 0 Å². The number of rotatable bonds is 4. The van der Waals surface area contributed by atoms with Crippen LogP contribution in [-0.2, 0) is 32.2 Å². The SMILES string of the molecule is CCOC(=O)[C@@]12NC(=O)N3Cc4cccc(I)c4CN(C(=O)N1)[C@]32C(=O)OCC. The summed E-state index contributed by atoms with van der Waals surface area (Å²) in [6.45, 7) is 3.26. The van der Waals surface area contributed by atoms with Gasteiger partial charge in [-0.1, -0.05) is 12.1 Å². The van der Waals surface area contributed by atoms with Crippen molar-refractivity contribution in [2.75, 3.05) is 13.2 Å². The summed E-state index contributed by atoms with van der Waals surface area (Å²) in [6, 6.07) is 4.18. The monoisotopic (exact) mass is 514 g/mol. The second-order valence-corrected chi connectivity index (χ2v) is 7.94. The molecule has 2 saturated heterocycles. The van der Waals surface area contributed by atoms with Crippen molar-refractivity contribution >= 4 is 46.6 Å². The first kappa shape index (κ1) is 19.7. The summed E-state index contributed by atoms with van der Waals surface area (Å²) in [5.41, 5.74) is -2.59. The highest BCUT2D eigenvalue weighted by Crippen LogP contribution is 2.47. The second-order valence-electron chi connectivity index (χ2n) is 6.77. The lowest BCUT2D eigenvalue weighted by atomic mass is 9.93. The molecule has 0 saturated carbocycles. The summed E-state index contributed by atoms with van der Waals surface area (Å²) in [4.78, 5) is 54.8. The predicted octanol–water partition coefficient (Wildman–Crippen LogP) is 0.874. The van der Waals surface area contributed by atoms with E-state index in [1.807, 2.05) is 18.2 Å². The number of esters is 2. The van der Waals surface area contributed by atoms with E-state index in [9.17, 15) is 19.2 Å². The molecule has 2 fully saturated rings. The van der Waals surface area contributed by atoms with Crippen LogP contribution in [0.1, 0.15) is 25.0 Å². The molecule has 0 spiro atoms. The highest BCUT2D eigenvalue weighted by Gasteiger charge is 2.81. The Morgan fingerprint density at radius 3 is 2.24 bits per heavy atom. The minimum absolute atomic E-state index is 0.00333. The molecule has 4 amide bonds. The lowest BCUT2D eigenvalue weighted by Crippen LogP contribution is -2.74. The Kier molecular flexibility index (Phi) is 4.59. The van der Waals surface area contributed by atoms with Crippen LogP contribution in [0.3, 0.4) is 0 Å². The standard InChI is InChI=1S/C18H19IN4O6/c1-3-28-13(24)17-18(14(25)29-4-2)22(15(26)20-17)8-10-6-5-7-12(19)11(10)9-23(18)16(27)21-17/h5-7H,3-4,8-9H2,1-2H3,(H,20,26)(H,21,27)/t17-,18+/m1/s1. The maximum atomic E-state index is 13.4. The second kappa shape index (κ2) is 6.75. The molecule has 0 aliphatic carbocycles. The number of carbonyl (C=O) groups is 4. The summed E-state index contributed by atoms with van der Waals surface area (Å²) in [5.74, 6) is -1.81. The number of urea groups is 2. The van der Waals surface area contributed by atoms with E-state index in [-0.39, 0.29) is 26.3 Å². The molecule has 10 nitrogen and oxygen atoms in total. The van der Waals surface area contributed by atoms with Crippen LogP contribution >= 0.6 is 22.6 Å². The summed E-state index contributed by atoms with van der Waals surface area (Å²) < 4.78 is 11.3. The molecule has 0 bridgehead atoms. The number of ether oxygens (including phenoxy) is 2.